The second kappa shape index (κ2) is 9.29. The molecule has 0 amide bonds. The number of nitrogens with one attached hydrogen (secondary N) is 1. The Hall–Kier alpha value is -3.18. The van der Waals surface area contributed by atoms with Crippen LogP contribution in [0.5, 0.6) is 17.2 Å². The minimum Gasteiger partial charge on any atom is -0.507 e. The Morgan fingerprint density at radius 3 is 2.57 bits per heavy atom. The standard InChI is InChI=1S/C32H39NO4/c1-19(2)7-10-22-18-33-24-14-21(15-25(34)29(22)24)9-8-20-13-23-17-27-31(3,4)28(35)11-12-32(27,5)37-30(23)26(16-20)36-6/h7-9,13-16,18,27-28,33-35H,10-12,17H2,1-6H3/t27-,28-,32-/m1/s1. The van der Waals surface area contributed by atoms with Crippen LogP contribution >= 0.6 is 0 Å². The molecular weight excluding hydrogens is 462 g/mol. The number of phenolic OH excluding ortho intramolecular Hbond substituents is 1. The number of aliphatic hydroxyl groups is 1. The minimum atomic E-state index is -0.334. The lowest BCUT2D eigenvalue weighted by atomic mass is 9.57. The SMILES string of the molecule is COc1cc(C=Cc2cc(O)c3c(CC=C(C)C)c[nH]c3c2)cc2c1O[C@]1(C)CC[C@@H](O)C(C)(C)[C@H]1C2. The minimum absolute atomic E-state index is 0.202. The summed E-state index contributed by atoms with van der Waals surface area (Å²) in [7, 11) is 1.68. The average Bonchev–Trinajstić information content (AvgIpc) is 3.26. The van der Waals surface area contributed by atoms with Crippen LogP contribution in [0.3, 0.4) is 0 Å². The van der Waals surface area contributed by atoms with Crippen molar-refractivity contribution in [1.82, 2.24) is 4.98 Å². The van der Waals surface area contributed by atoms with E-state index in [4.69, 9.17) is 9.47 Å². The van der Waals surface area contributed by atoms with E-state index >= 15 is 0 Å². The van der Waals surface area contributed by atoms with Crippen molar-refractivity contribution >= 4 is 23.1 Å². The van der Waals surface area contributed by atoms with Crippen molar-refractivity contribution < 1.29 is 19.7 Å². The first-order valence-corrected chi connectivity index (χ1v) is 13.2. The van der Waals surface area contributed by atoms with E-state index in [1.165, 1.54) is 5.57 Å². The molecule has 196 valence electrons. The smallest absolute Gasteiger partial charge is 0.165 e. The molecule has 1 aliphatic carbocycles. The van der Waals surface area contributed by atoms with Crippen LogP contribution < -0.4 is 9.47 Å². The number of phenols is 1. The number of aromatic amines is 1. The van der Waals surface area contributed by atoms with Gasteiger partial charge in [-0.2, -0.15) is 0 Å². The van der Waals surface area contributed by atoms with Gasteiger partial charge in [0.05, 0.1) is 13.2 Å². The van der Waals surface area contributed by atoms with Gasteiger partial charge in [-0.15, -0.1) is 0 Å². The molecular formula is C32H39NO4. The van der Waals surface area contributed by atoms with Gasteiger partial charge in [0, 0.05) is 23.0 Å². The van der Waals surface area contributed by atoms with Gasteiger partial charge < -0.3 is 24.7 Å². The first kappa shape index (κ1) is 25.5. The van der Waals surface area contributed by atoms with E-state index < -0.39 is 0 Å². The van der Waals surface area contributed by atoms with Crippen molar-refractivity contribution in [1.29, 1.82) is 0 Å². The Morgan fingerprint density at radius 1 is 1.14 bits per heavy atom. The zero-order valence-corrected chi connectivity index (χ0v) is 22.8. The van der Waals surface area contributed by atoms with E-state index in [-0.39, 0.29) is 28.8 Å². The monoisotopic (exact) mass is 501 g/mol. The number of allylic oxidation sites excluding steroid dienone is 2. The molecule has 3 N–H and O–H groups in total. The second-order valence-corrected chi connectivity index (χ2v) is 11.9. The topological polar surface area (TPSA) is 74.7 Å². The number of H-pyrrole nitrogens is 1. The van der Waals surface area contributed by atoms with Crippen molar-refractivity contribution in [2.75, 3.05) is 7.11 Å². The van der Waals surface area contributed by atoms with Crippen LogP contribution in [0.25, 0.3) is 23.1 Å². The Kier molecular flexibility index (Phi) is 6.39. The Bertz CT molecular complexity index is 1390. The summed E-state index contributed by atoms with van der Waals surface area (Å²) >= 11 is 0. The van der Waals surface area contributed by atoms with Gasteiger partial charge in [0.15, 0.2) is 11.5 Å². The van der Waals surface area contributed by atoms with Crippen LogP contribution in [0.4, 0.5) is 0 Å². The number of aromatic nitrogens is 1. The van der Waals surface area contributed by atoms with Gasteiger partial charge in [-0.1, -0.05) is 37.6 Å². The normalized spacial score (nSPS) is 24.4. The summed E-state index contributed by atoms with van der Waals surface area (Å²) in [4.78, 5) is 3.31. The molecule has 5 heteroatoms. The highest BCUT2D eigenvalue weighted by Gasteiger charge is 2.54. The zero-order valence-electron chi connectivity index (χ0n) is 22.8. The largest absolute Gasteiger partial charge is 0.507 e. The molecule has 3 aromatic rings. The van der Waals surface area contributed by atoms with Gasteiger partial charge in [-0.3, -0.25) is 0 Å². The van der Waals surface area contributed by atoms with E-state index in [0.717, 1.165) is 70.3 Å². The van der Waals surface area contributed by atoms with Crippen LogP contribution in [0.15, 0.2) is 42.1 Å². The molecule has 0 unspecified atom stereocenters. The molecule has 0 spiro atoms. The van der Waals surface area contributed by atoms with Crippen LogP contribution in [0.2, 0.25) is 0 Å². The number of methoxy groups -OCH3 is 1. The number of aromatic hydroxyl groups is 1. The van der Waals surface area contributed by atoms with Gasteiger partial charge in [-0.05, 0) is 98.4 Å². The molecule has 1 aliphatic heterocycles. The van der Waals surface area contributed by atoms with Gasteiger partial charge in [0.25, 0.3) is 0 Å². The van der Waals surface area contributed by atoms with E-state index in [0.29, 0.717) is 0 Å². The summed E-state index contributed by atoms with van der Waals surface area (Å²) in [5.74, 6) is 2.03. The predicted molar refractivity (Wildman–Crippen MR) is 150 cm³/mol. The first-order valence-electron chi connectivity index (χ1n) is 13.2. The fourth-order valence-corrected chi connectivity index (χ4v) is 6.34. The third-order valence-electron chi connectivity index (χ3n) is 8.60. The Morgan fingerprint density at radius 2 is 1.86 bits per heavy atom. The zero-order chi connectivity index (χ0) is 26.5. The summed E-state index contributed by atoms with van der Waals surface area (Å²) in [6, 6.07) is 8.05. The number of hydrogen-bond acceptors (Lipinski definition) is 4. The van der Waals surface area contributed by atoms with Gasteiger partial charge >= 0.3 is 0 Å². The Labute approximate surface area is 219 Å². The van der Waals surface area contributed by atoms with Crippen LogP contribution in [0.1, 0.15) is 69.7 Å². The third kappa shape index (κ3) is 4.54. The molecule has 2 heterocycles. The number of rotatable bonds is 5. The van der Waals surface area contributed by atoms with E-state index in [9.17, 15) is 10.2 Å². The summed E-state index contributed by atoms with van der Waals surface area (Å²) in [6.07, 6.45) is 11.1. The van der Waals surface area contributed by atoms with Gasteiger partial charge in [0.1, 0.15) is 11.4 Å². The van der Waals surface area contributed by atoms with Crippen molar-refractivity contribution in [3.63, 3.8) is 0 Å². The number of benzene rings is 2. The number of aliphatic hydroxyl groups excluding tert-OH is 1. The average molecular weight is 502 g/mol. The maximum Gasteiger partial charge on any atom is 0.165 e. The maximum absolute atomic E-state index is 10.8. The molecule has 0 saturated heterocycles. The summed E-state index contributed by atoms with van der Waals surface area (Å²) in [5.41, 5.74) is 5.73. The van der Waals surface area contributed by atoms with Gasteiger partial charge in [0.2, 0.25) is 0 Å². The molecule has 0 bridgehead atoms. The Balaban J connectivity index is 1.46. The first-order chi connectivity index (χ1) is 17.5. The fraction of sp³-hybridized carbons (Fsp3) is 0.438. The molecule has 1 aromatic heterocycles. The lowest BCUT2D eigenvalue weighted by Gasteiger charge is -2.55. The van der Waals surface area contributed by atoms with Crippen molar-refractivity contribution in [2.45, 2.75) is 72.0 Å². The highest BCUT2D eigenvalue weighted by molar-refractivity contribution is 5.92. The molecule has 3 atom stereocenters. The van der Waals surface area contributed by atoms with Crippen LogP contribution in [0, 0.1) is 11.3 Å². The quantitative estimate of drug-likeness (QED) is 0.259. The summed E-state index contributed by atoms with van der Waals surface area (Å²) in [5, 5.41) is 22.4. The highest BCUT2D eigenvalue weighted by atomic mass is 16.5. The predicted octanol–water partition coefficient (Wildman–Crippen LogP) is 7.05. The van der Waals surface area contributed by atoms with E-state index in [1.807, 2.05) is 30.5 Å². The maximum atomic E-state index is 10.8. The number of hydrogen-bond donors (Lipinski definition) is 3. The molecule has 5 rings (SSSR count). The van der Waals surface area contributed by atoms with Crippen LogP contribution in [-0.4, -0.2) is 34.0 Å². The fourth-order valence-electron chi connectivity index (χ4n) is 6.34. The molecule has 2 aromatic carbocycles. The van der Waals surface area contributed by atoms with Crippen molar-refractivity contribution in [2.24, 2.45) is 11.3 Å². The third-order valence-corrected chi connectivity index (χ3v) is 8.60. The lowest BCUT2D eigenvalue weighted by molar-refractivity contribution is -0.138. The van der Waals surface area contributed by atoms with Crippen molar-refractivity contribution in [3.8, 4) is 17.2 Å². The molecule has 2 aliphatic rings. The second-order valence-electron chi connectivity index (χ2n) is 11.9. The summed E-state index contributed by atoms with van der Waals surface area (Å²) in [6.45, 7) is 10.7. The molecule has 1 saturated carbocycles. The molecule has 0 radical (unpaired) electrons. The molecule has 5 nitrogen and oxygen atoms in total. The summed E-state index contributed by atoms with van der Waals surface area (Å²) < 4.78 is 12.4. The highest BCUT2D eigenvalue weighted by Crippen LogP contribution is 2.55. The number of ether oxygens (including phenoxy) is 2. The lowest BCUT2D eigenvalue weighted by Crippen LogP contribution is -2.58. The molecule has 37 heavy (non-hydrogen) atoms. The molecule has 1 fully saturated rings. The van der Waals surface area contributed by atoms with Gasteiger partial charge in [-0.25, -0.2) is 0 Å². The van der Waals surface area contributed by atoms with E-state index in [1.54, 1.807) is 7.11 Å². The van der Waals surface area contributed by atoms with Crippen molar-refractivity contribution in [3.05, 3.63) is 64.4 Å². The number of fused-ring (bicyclic) bond motifs is 3. The van der Waals surface area contributed by atoms with Crippen LogP contribution in [-0.2, 0) is 12.8 Å². The van der Waals surface area contributed by atoms with E-state index in [2.05, 4.69) is 57.8 Å².